The first-order valence-electron chi connectivity index (χ1n) is 8.28. The maximum Gasteiger partial charge on any atom is 0.233 e. The largest absolute Gasteiger partial charge is 0.330 e. The zero-order valence-electron chi connectivity index (χ0n) is 14.9. The van der Waals surface area contributed by atoms with Gasteiger partial charge in [-0.3, -0.25) is 4.72 Å². The number of hydrogen-bond acceptors (Lipinski definition) is 4. The molecule has 22 heavy (non-hydrogen) atoms. The fourth-order valence-corrected chi connectivity index (χ4v) is 2.99. The Morgan fingerprint density at radius 1 is 1.32 bits per heavy atom. The molecule has 1 aliphatic carbocycles. The van der Waals surface area contributed by atoms with Crippen LogP contribution in [0.5, 0.6) is 0 Å². The second-order valence-electron chi connectivity index (χ2n) is 5.90. The molecule has 1 saturated carbocycles. The minimum atomic E-state index is 0.751. The maximum absolute atomic E-state index is 11.1. The second kappa shape index (κ2) is 12.9. The van der Waals surface area contributed by atoms with Crippen LogP contribution in [0.4, 0.5) is 0 Å². The zero-order chi connectivity index (χ0) is 17.0. The van der Waals surface area contributed by atoms with Gasteiger partial charge in [0.25, 0.3) is 0 Å². The van der Waals surface area contributed by atoms with E-state index in [4.69, 9.17) is 5.73 Å². The lowest BCUT2D eigenvalue weighted by atomic mass is 9.90. The maximum atomic E-state index is 11.1. The van der Waals surface area contributed by atoms with Crippen LogP contribution in [-0.4, -0.2) is 25.4 Å². The molecule has 1 rings (SSSR count). The Kier molecular flexibility index (Phi) is 12.5. The Morgan fingerprint density at radius 2 is 1.91 bits per heavy atom. The summed E-state index contributed by atoms with van der Waals surface area (Å²) < 4.78 is 3.93. The van der Waals surface area contributed by atoms with Crippen LogP contribution < -0.4 is 10.5 Å². The monoisotopic (exact) mass is 328 g/mol. The molecule has 4 nitrogen and oxygen atoms in total. The molecule has 0 aromatic rings. The molecule has 0 spiro atoms. The van der Waals surface area contributed by atoms with Gasteiger partial charge in [-0.25, -0.2) is 0 Å². The third kappa shape index (κ3) is 9.38. The van der Waals surface area contributed by atoms with E-state index < -0.39 is 0 Å². The van der Waals surface area contributed by atoms with Crippen LogP contribution in [0.15, 0.2) is 22.3 Å². The van der Waals surface area contributed by atoms with E-state index in [0.717, 1.165) is 34.2 Å². The summed E-state index contributed by atoms with van der Waals surface area (Å²) in [7, 11) is 3.40. The van der Waals surface area contributed by atoms with Crippen molar-refractivity contribution in [3.63, 3.8) is 0 Å². The van der Waals surface area contributed by atoms with Crippen molar-refractivity contribution >= 4 is 11.9 Å². The van der Waals surface area contributed by atoms with Crippen molar-refractivity contribution in [3.8, 4) is 0 Å². The van der Waals surface area contributed by atoms with E-state index in [2.05, 4.69) is 4.72 Å². The standard InChI is InChI=1S/C10H19N2OS.C7H15N/c1-6-9(12(5)13)7-10(8(2)3)14-11-4;8-6-7-4-2-1-3-5-7/h7,11H,6H2,1-5H3;7H,1-6,8H2/q+1;/b9-7+;. The van der Waals surface area contributed by atoms with Gasteiger partial charge in [-0.2, -0.15) is 0 Å². The number of nitrogens with zero attached hydrogens (tertiary/aromatic N) is 1. The lowest BCUT2D eigenvalue weighted by Gasteiger charge is -2.18. The second-order valence-corrected chi connectivity index (χ2v) is 6.95. The lowest BCUT2D eigenvalue weighted by Crippen LogP contribution is -2.16. The molecule has 0 heterocycles. The quantitative estimate of drug-likeness (QED) is 0.432. The first-order valence-corrected chi connectivity index (χ1v) is 9.10. The topological polar surface area (TPSA) is 58.1 Å². The third-order valence-electron chi connectivity index (χ3n) is 3.83. The molecule has 0 atom stereocenters. The number of allylic oxidation sites excluding steroid dienone is 3. The Morgan fingerprint density at radius 3 is 2.23 bits per heavy atom. The molecule has 0 bridgehead atoms. The molecule has 5 heteroatoms. The predicted octanol–water partition coefficient (Wildman–Crippen LogP) is 4.38. The summed E-state index contributed by atoms with van der Waals surface area (Å²) in [6.45, 7) is 6.97. The first-order chi connectivity index (χ1) is 10.5. The molecule has 128 valence electrons. The minimum Gasteiger partial charge on any atom is -0.330 e. The van der Waals surface area contributed by atoms with E-state index in [1.54, 1.807) is 0 Å². The highest BCUT2D eigenvalue weighted by atomic mass is 32.2. The van der Waals surface area contributed by atoms with Gasteiger partial charge in [0.05, 0.1) is 0 Å². The van der Waals surface area contributed by atoms with Crippen molar-refractivity contribution in [2.75, 3.05) is 20.6 Å². The minimum absolute atomic E-state index is 0.751. The summed E-state index contributed by atoms with van der Waals surface area (Å²) >= 11 is 1.53. The van der Waals surface area contributed by atoms with Gasteiger partial charge >= 0.3 is 0 Å². The van der Waals surface area contributed by atoms with E-state index in [0.29, 0.717) is 0 Å². The molecule has 1 aliphatic rings. The fourth-order valence-electron chi connectivity index (χ4n) is 2.38. The number of rotatable bonds is 6. The molecule has 0 radical (unpaired) electrons. The van der Waals surface area contributed by atoms with Crippen molar-refractivity contribution in [3.05, 3.63) is 27.2 Å². The highest BCUT2D eigenvalue weighted by Gasteiger charge is 2.11. The number of nitroso groups, excluding NO2 is 1. The Hall–Kier alpha value is -0.650. The van der Waals surface area contributed by atoms with Crippen molar-refractivity contribution in [1.82, 2.24) is 4.72 Å². The normalized spacial score (nSPS) is 15.8. The molecule has 0 aromatic heterocycles. The zero-order valence-corrected chi connectivity index (χ0v) is 15.8. The van der Waals surface area contributed by atoms with Crippen LogP contribution in [0, 0.1) is 10.8 Å². The summed E-state index contributed by atoms with van der Waals surface area (Å²) in [6, 6.07) is 0. The number of nitrogens with two attached hydrogens (primary N) is 1. The van der Waals surface area contributed by atoms with Crippen molar-refractivity contribution in [1.29, 1.82) is 0 Å². The number of hydrogen-bond donors (Lipinski definition) is 2. The van der Waals surface area contributed by atoms with Crippen LogP contribution in [0.1, 0.15) is 59.3 Å². The Labute approximate surface area is 140 Å². The Balaban J connectivity index is 0.000000461. The molecule has 3 N–H and O–H groups in total. The van der Waals surface area contributed by atoms with Gasteiger partial charge in [-0.15, -0.1) is 0 Å². The van der Waals surface area contributed by atoms with Gasteiger partial charge in [-0.1, -0.05) is 31.8 Å². The first kappa shape index (κ1) is 21.4. The fraction of sp³-hybridized carbons (Fsp3) is 0.765. The van der Waals surface area contributed by atoms with Crippen LogP contribution in [0.25, 0.3) is 0 Å². The SMILES string of the molecule is CC/C(=C\C(SNC)=C(C)C)[N+](C)=O.NCC1CCCCC1. The average Bonchev–Trinajstić information content (AvgIpc) is 2.52. The predicted molar refractivity (Wildman–Crippen MR) is 98.6 cm³/mol. The summed E-state index contributed by atoms with van der Waals surface area (Å²) in [5, 5.41) is 0. The van der Waals surface area contributed by atoms with Crippen molar-refractivity contribution < 1.29 is 4.76 Å². The summed E-state index contributed by atoms with van der Waals surface area (Å²) in [6.07, 6.45) is 9.73. The van der Waals surface area contributed by atoms with Gasteiger partial charge in [0.1, 0.15) is 0 Å². The van der Waals surface area contributed by atoms with Gasteiger partial charge in [0, 0.05) is 27.1 Å². The van der Waals surface area contributed by atoms with E-state index in [-0.39, 0.29) is 0 Å². The highest BCUT2D eigenvalue weighted by Crippen LogP contribution is 2.22. The van der Waals surface area contributed by atoms with Crippen LogP contribution in [-0.2, 0) is 0 Å². The van der Waals surface area contributed by atoms with E-state index in [1.165, 1.54) is 56.7 Å². The number of nitrogens with one attached hydrogen (secondary N) is 1. The van der Waals surface area contributed by atoms with Crippen LogP contribution in [0.2, 0.25) is 0 Å². The molecule has 0 amide bonds. The van der Waals surface area contributed by atoms with Gasteiger partial charge in [0.2, 0.25) is 5.70 Å². The molecule has 1 fully saturated rings. The van der Waals surface area contributed by atoms with Gasteiger partial charge in [-0.05, 0) is 58.1 Å². The summed E-state index contributed by atoms with van der Waals surface area (Å²) in [4.78, 5) is 12.2. The molecule has 0 aliphatic heterocycles. The van der Waals surface area contributed by atoms with E-state index >= 15 is 0 Å². The molecular formula is C17H34N3OS+. The van der Waals surface area contributed by atoms with Crippen LogP contribution >= 0.6 is 11.9 Å². The van der Waals surface area contributed by atoms with Crippen molar-refractivity contribution in [2.45, 2.75) is 59.3 Å². The van der Waals surface area contributed by atoms with E-state index in [1.807, 2.05) is 33.9 Å². The summed E-state index contributed by atoms with van der Waals surface area (Å²) in [5.41, 5.74) is 7.50. The molecule has 0 aromatic carbocycles. The third-order valence-corrected chi connectivity index (χ3v) is 4.78. The van der Waals surface area contributed by atoms with Gasteiger partial charge in [0.15, 0.2) is 7.05 Å². The smallest absolute Gasteiger partial charge is 0.233 e. The Bertz CT molecular complexity index is 381. The molecule has 0 unspecified atom stereocenters. The van der Waals surface area contributed by atoms with E-state index in [9.17, 15) is 4.91 Å². The molecule has 0 saturated heterocycles. The molecular weight excluding hydrogens is 294 g/mol. The van der Waals surface area contributed by atoms with Crippen LogP contribution in [0.3, 0.4) is 0 Å². The van der Waals surface area contributed by atoms with Crippen molar-refractivity contribution in [2.24, 2.45) is 11.7 Å². The highest BCUT2D eigenvalue weighted by molar-refractivity contribution is 8.01. The average molecular weight is 329 g/mol. The van der Waals surface area contributed by atoms with Gasteiger partial charge < -0.3 is 5.73 Å². The summed E-state index contributed by atoms with van der Waals surface area (Å²) in [5.74, 6) is 0.865. The lowest BCUT2D eigenvalue weighted by molar-refractivity contribution is -0.468.